The molecular formula is C27H22N8O. The second kappa shape index (κ2) is 9.64. The number of hydrogen-bond donors (Lipinski definition) is 2. The Morgan fingerprint density at radius 2 is 1.86 bits per heavy atom. The van der Waals surface area contributed by atoms with Gasteiger partial charge in [0.1, 0.15) is 5.52 Å². The molecule has 0 aliphatic carbocycles. The number of rotatable bonds is 4. The van der Waals surface area contributed by atoms with Crippen molar-refractivity contribution in [3.8, 4) is 23.1 Å². The van der Waals surface area contributed by atoms with Crippen molar-refractivity contribution in [1.29, 1.82) is 0 Å². The van der Waals surface area contributed by atoms with E-state index in [0.717, 1.165) is 27.9 Å². The first-order valence-corrected chi connectivity index (χ1v) is 11.2. The lowest BCUT2D eigenvalue weighted by molar-refractivity contribution is 0.0935. The number of amides is 1. The van der Waals surface area contributed by atoms with E-state index in [1.165, 1.54) is 12.4 Å². The Labute approximate surface area is 207 Å². The Hall–Kier alpha value is -5.10. The molecule has 9 heteroatoms. The Morgan fingerprint density at radius 3 is 2.61 bits per heavy atom. The van der Waals surface area contributed by atoms with Gasteiger partial charge in [-0.25, -0.2) is 15.0 Å². The maximum Gasteiger partial charge on any atom is 0.274 e. The van der Waals surface area contributed by atoms with Gasteiger partial charge in [0.15, 0.2) is 11.5 Å². The molecule has 0 aliphatic rings. The highest BCUT2D eigenvalue weighted by Crippen LogP contribution is 2.30. The van der Waals surface area contributed by atoms with Crippen molar-refractivity contribution in [2.45, 2.75) is 13.0 Å². The quantitative estimate of drug-likeness (QED) is 0.383. The molecule has 0 saturated heterocycles. The number of nitrogens with one attached hydrogen (secondary N) is 1. The summed E-state index contributed by atoms with van der Waals surface area (Å²) in [7, 11) is 1.85. The molecule has 3 N–H and O–H groups in total. The summed E-state index contributed by atoms with van der Waals surface area (Å²) in [6, 6.07) is 13.1. The van der Waals surface area contributed by atoms with E-state index in [0.29, 0.717) is 11.0 Å². The summed E-state index contributed by atoms with van der Waals surface area (Å²) in [5.41, 5.74) is 11.2. The van der Waals surface area contributed by atoms with Gasteiger partial charge in [-0.15, -0.1) is 0 Å². The number of nitrogens with two attached hydrogens (primary N) is 1. The summed E-state index contributed by atoms with van der Waals surface area (Å²) in [6.07, 6.45) is 8.14. The first-order chi connectivity index (χ1) is 17.5. The lowest BCUT2D eigenvalue weighted by Crippen LogP contribution is -2.29. The maximum atomic E-state index is 12.9. The van der Waals surface area contributed by atoms with Crippen LogP contribution >= 0.6 is 0 Å². The van der Waals surface area contributed by atoms with Crippen LogP contribution in [0.15, 0.2) is 73.4 Å². The van der Waals surface area contributed by atoms with Crippen LogP contribution in [0, 0.1) is 11.8 Å². The zero-order valence-corrected chi connectivity index (χ0v) is 19.7. The molecule has 9 nitrogen and oxygen atoms in total. The van der Waals surface area contributed by atoms with Gasteiger partial charge in [-0.1, -0.05) is 42.2 Å². The van der Waals surface area contributed by atoms with Gasteiger partial charge in [-0.3, -0.25) is 14.5 Å². The van der Waals surface area contributed by atoms with Gasteiger partial charge >= 0.3 is 0 Å². The first-order valence-electron chi connectivity index (χ1n) is 11.2. The van der Waals surface area contributed by atoms with Crippen molar-refractivity contribution in [3.05, 3.63) is 95.8 Å². The number of benzene rings is 1. The van der Waals surface area contributed by atoms with Crippen LogP contribution in [0.5, 0.6) is 0 Å². The molecule has 1 amide bonds. The predicted molar refractivity (Wildman–Crippen MR) is 136 cm³/mol. The summed E-state index contributed by atoms with van der Waals surface area (Å²) in [5.74, 6) is 5.99. The van der Waals surface area contributed by atoms with E-state index < -0.39 is 11.9 Å². The standard InChI is InChI=1S/C27H22N8O/c1-17(33-27(36)25-26(28)31-13-12-30-25)21-14-22-24(34-23(21)19-6-4-3-5-7-19)20(10-11-29-22)9-8-18-15-32-35(2)16-18/h3-7,10-17H,1-2H3,(H2,28,31)(H,33,36)/t17-/m1/s1. The van der Waals surface area contributed by atoms with Gasteiger partial charge in [-0.2, -0.15) is 5.10 Å². The van der Waals surface area contributed by atoms with Crippen molar-refractivity contribution >= 4 is 22.8 Å². The topological polar surface area (TPSA) is 125 Å². The number of nitrogens with zero attached hydrogens (tertiary/aromatic N) is 6. The van der Waals surface area contributed by atoms with Gasteiger partial charge in [0, 0.05) is 43.0 Å². The van der Waals surface area contributed by atoms with E-state index in [2.05, 4.69) is 37.2 Å². The highest BCUT2D eigenvalue weighted by molar-refractivity contribution is 5.96. The van der Waals surface area contributed by atoms with Gasteiger partial charge in [0.05, 0.1) is 34.6 Å². The molecule has 0 unspecified atom stereocenters. The number of fused-ring (bicyclic) bond motifs is 1. The Balaban J connectivity index is 1.59. The number of anilines is 1. The lowest BCUT2D eigenvalue weighted by atomic mass is 9.99. The summed E-state index contributed by atoms with van der Waals surface area (Å²) in [5, 5.41) is 7.13. The number of carbonyl (C=O) groups is 1. The Morgan fingerprint density at radius 1 is 1.06 bits per heavy atom. The predicted octanol–water partition coefficient (Wildman–Crippen LogP) is 3.29. The van der Waals surface area contributed by atoms with Crippen molar-refractivity contribution in [2.24, 2.45) is 7.05 Å². The molecule has 4 aromatic heterocycles. The molecule has 4 heterocycles. The number of aromatic nitrogens is 6. The molecule has 176 valence electrons. The fourth-order valence-corrected chi connectivity index (χ4v) is 3.84. The average molecular weight is 475 g/mol. The van der Waals surface area contributed by atoms with E-state index in [1.54, 1.807) is 17.1 Å². The molecule has 0 saturated carbocycles. The summed E-state index contributed by atoms with van der Waals surface area (Å²) < 4.78 is 1.71. The normalized spacial score (nSPS) is 11.5. The van der Waals surface area contributed by atoms with E-state index in [9.17, 15) is 4.79 Å². The fraction of sp³-hybridized carbons (Fsp3) is 0.111. The minimum Gasteiger partial charge on any atom is -0.382 e. The van der Waals surface area contributed by atoms with E-state index >= 15 is 0 Å². The molecule has 5 rings (SSSR count). The maximum absolute atomic E-state index is 12.9. The highest BCUT2D eigenvalue weighted by Gasteiger charge is 2.21. The van der Waals surface area contributed by atoms with Crippen molar-refractivity contribution in [1.82, 2.24) is 35.0 Å². The Bertz CT molecular complexity index is 1630. The third kappa shape index (κ3) is 4.60. The van der Waals surface area contributed by atoms with Crippen molar-refractivity contribution in [2.75, 3.05) is 5.73 Å². The number of hydrogen-bond acceptors (Lipinski definition) is 7. The average Bonchev–Trinajstić information content (AvgIpc) is 3.32. The van der Waals surface area contributed by atoms with E-state index in [4.69, 9.17) is 10.7 Å². The summed E-state index contributed by atoms with van der Waals surface area (Å²) >= 11 is 0. The van der Waals surface area contributed by atoms with Crippen molar-refractivity contribution in [3.63, 3.8) is 0 Å². The van der Waals surface area contributed by atoms with Crippen LogP contribution in [0.25, 0.3) is 22.3 Å². The SMILES string of the molecule is C[C@@H](NC(=O)c1nccnc1N)c1cc2nccc(C#Cc3cnn(C)c3)c2nc1-c1ccccc1. The second-order valence-corrected chi connectivity index (χ2v) is 8.16. The number of nitrogen functional groups attached to an aromatic ring is 1. The zero-order valence-electron chi connectivity index (χ0n) is 19.7. The van der Waals surface area contributed by atoms with Gasteiger partial charge in [-0.05, 0) is 19.1 Å². The number of aryl methyl sites for hydroxylation is 1. The molecule has 0 aliphatic heterocycles. The van der Waals surface area contributed by atoms with Crippen molar-refractivity contribution < 1.29 is 4.79 Å². The monoisotopic (exact) mass is 474 g/mol. The third-order valence-corrected chi connectivity index (χ3v) is 5.59. The molecule has 0 fully saturated rings. The van der Waals surface area contributed by atoms with Crippen LogP contribution < -0.4 is 11.1 Å². The van der Waals surface area contributed by atoms with Crippen LogP contribution in [0.1, 0.15) is 40.1 Å². The van der Waals surface area contributed by atoms with Crippen LogP contribution in [-0.4, -0.2) is 35.6 Å². The van der Waals surface area contributed by atoms with Crippen LogP contribution in [0.3, 0.4) is 0 Å². The molecule has 1 atom stereocenters. The van der Waals surface area contributed by atoms with Gasteiger partial charge in [0.2, 0.25) is 0 Å². The number of pyridine rings is 2. The largest absolute Gasteiger partial charge is 0.382 e. The molecule has 0 bridgehead atoms. The van der Waals surface area contributed by atoms with E-state index in [1.807, 2.05) is 62.6 Å². The molecule has 1 aromatic carbocycles. The van der Waals surface area contributed by atoms with E-state index in [-0.39, 0.29) is 11.5 Å². The van der Waals surface area contributed by atoms with Crippen LogP contribution in [0.2, 0.25) is 0 Å². The molecule has 5 aromatic rings. The van der Waals surface area contributed by atoms with Gasteiger partial charge < -0.3 is 11.1 Å². The minimum atomic E-state index is -0.420. The summed E-state index contributed by atoms with van der Waals surface area (Å²) in [6.45, 7) is 1.88. The minimum absolute atomic E-state index is 0.0700. The van der Waals surface area contributed by atoms with Gasteiger partial charge in [0.25, 0.3) is 5.91 Å². The zero-order chi connectivity index (χ0) is 25.1. The first kappa shape index (κ1) is 22.7. The van der Waals surface area contributed by atoms with Crippen LogP contribution in [-0.2, 0) is 7.05 Å². The molecule has 0 radical (unpaired) electrons. The third-order valence-electron chi connectivity index (χ3n) is 5.59. The summed E-state index contributed by atoms with van der Waals surface area (Å²) in [4.78, 5) is 30.4. The fourth-order valence-electron chi connectivity index (χ4n) is 3.84. The van der Waals surface area contributed by atoms with Crippen LogP contribution in [0.4, 0.5) is 5.82 Å². The number of carbonyl (C=O) groups excluding carboxylic acids is 1. The molecule has 0 spiro atoms. The second-order valence-electron chi connectivity index (χ2n) is 8.16. The smallest absolute Gasteiger partial charge is 0.274 e. The molecule has 36 heavy (non-hydrogen) atoms. The highest BCUT2D eigenvalue weighted by atomic mass is 16.2. The lowest BCUT2D eigenvalue weighted by Gasteiger charge is -2.19. The molecular weight excluding hydrogens is 452 g/mol. The Kier molecular flexibility index (Phi) is 6.07.